The first-order chi connectivity index (χ1) is 12.2. The molecule has 2 aromatic heterocycles. The second-order valence-corrected chi connectivity index (χ2v) is 6.03. The third-order valence-corrected chi connectivity index (χ3v) is 4.14. The predicted octanol–water partition coefficient (Wildman–Crippen LogP) is 1.83. The molecule has 3 rings (SSSR count). The zero-order chi connectivity index (χ0) is 17.6. The van der Waals surface area contributed by atoms with Crippen LogP contribution in [0.2, 0.25) is 0 Å². The Morgan fingerprint density at radius 1 is 1.24 bits per heavy atom. The van der Waals surface area contributed by atoms with Gasteiger partial charge in [0.25, 0.3) is 0 Å². The lowest BCUT2D eigenvalue weighted by molar-refractivity contribution is 0.624. The van der Waals surface area contributed by atoms with Gasteiger partial charge in [-0.05, 0) is 25.5 Å². The molecule has 0 fully saturated rings. The number of rotatable bonds is 6. The van der Waals surface area contributed by atoms with Crippen LogP contribution in [0, 0.1) is 6.92 Å². The molecule has 0 radical (unpaired) electrons. The molecule has 0 atom stereocenters. The van der Waals surface area contributed by atoms with Crippen LogP contribution in [-0.2, 0) is 20.1 Å². The molecule has 1 aromatic carbocycles. The van der Waals surface area contributed by atoms with E-state index in [2.05, 4.69) is 55.4 Å². The van der Waals surface area contributed by atoms with Gasteiger partial charge in [0.1, 0.15) is 5.82 Å². The number of hydrogen-bond donors (Lipinski definition) is 2. The number of guanidine groups is 1. The van der Waals surface area contributed by atoms with E-state index in [0.717, 1.165) is 42.4 Å². The highest BCUT2D eigenvalue weighted by Crippen LogP contribution is 2.15. The maximum absolute atomic E-state index is 4.61. The fraction of sp³-hybridized carbons (Fsp3) is 0.389. The van der Waals surface area contributed by atoms with Gasteiger partial charge >= 0.3 is 0 Å². The topological polar surface area (TPSA) is 72.1 Å². The lowest BCUT2D eigenvalue weighted by atomic mass is 10.3. The molecule has 2 N–H and O–H groups in total. The summed E-state index contributed by atoms with van der Waals surface area (Å²) < 4.78 is 4.06. The van der Waals surface area contributed by atoms with E-state index in [1.54, 1.807) is 11.7 Å². The van der Waals surface area contributed by atoms with Crippen molar-refractivity contribution < 1.29 is 0 Å². The second kappa shape index (κ2) is 7.83. The molecule has 0 spiro atoms. The van der Waals surface area contributed by atoms with Crippen LogP contribution in [0.1, 0.15) is 17.8 Å². The molecule has 0 saturated carbocycles. The number of aryl methyl sites for hydroxylation is 3. The highest BCUT2D eigenvalue weighted by atomic mass is 15.2. The molecule has 0 aliphatic rings. The number of aromatic nitrogens is 4. The van der Waals surface area contributed by atoms with Crippen LogP contribution in [0.15, 0.2) is 41.7 Å². The molecule has 132 valence electrons. The summed E-state index contributed by atoms with van der Waals surface area (Å²) in [4.78, 5) is 8.87. The van der Waals surface area contributed by atoms with Gasteiger partial charge in [-0.1, -0.05) is 12.1 Å². The van der Waals surface area contributed by atoms with Crippen LogP contribution in [0.3, 0.4) is 0 Å². The largest absolute Gasteiger partial charge is 0.356 e. The van der Waals surface area contributed by atoms with Crippen molar-refractivity contribution in [2.24, 2.45) is 12.0 Å². The van der Waals surface area contributed by atoms with E-state index in [4.69, 9.17) is 0 Å². The van der Waals surface area contributed by atoms with Gasteiger partial charge < -0.3 is 15.2 Å². The van der Waals surface area contributed by atoms with Crippen molar-refractivity contribution in [2.45, 2.75) is 26.4 Å². The number of benzene rings is 1. The van der Waals surface area contributed by atoms with Gasteiger partial charge in [0, 0.05) is 45.5 Å². The summed E-state index contributed by atoms with van der Waals surface area (Å²) in [6.07, 6.45) is 4.84. The number of fused-ring (bicyclic) bond motifs is 1. The first kappa shape index (κ1) is 17.0. The average molecular weight is 339 g/mol. The Kier molecular flexibility index (Phi) is 5.33. The molecular formula is C18H25N7. The normalized spacial score (nSPS) is 11.9. The fourth-order valence-corrected chi connectivity index (χ4v) is 2.89. The number of nitrogens with one attached hydrogen (secondary N) is 2. The van der Waals surface area contributed by atoms with Gasteiger partial charge in [0.15, 0.2) is 5.96 Å². The lowest BCUT2D eigenvalue weighted by Crippen LogP contribution is -2.37. The molecule has 0 amide bonds. The highest BCUT2D eigenvalue weighted by molar-refractivity contribution is 5.79. The maximum Gasteiger partial charge on any atom is 0.191 e. The molecule has 0 aliphatic heterocycles. The summed E-state index contributed by atoms with van der Waals surface area (Å²) in [5.74, 6) is 1.86. The Hall–Kier alpha value is -2.83. The van der Waals surface area contributed by atoms with Gasteiger partial charge in [-0.2, -0.15) is 5.10 Å². The van der Waals surface area contributed by atoms with Crippen molar-refractivity contribution in [2.75, 3.05) is 13.6 Å². The predicted molar refractivity (Wildman–Crippen MR) is 100 cm³/mol. The Balaban J connectivity index is 1.47. The van der Waals surface area contributed by atoms with Crippen molar-refractivity contribution in [3.8, 4) is 0 Å². The van der Waals surface area contributed by atoms with Crippen molar-refractivity contribution in [1.82, 2.24) is 30.0 Å². The van der Waals surface area contributed by atoms with Gasteiger partial charge in [-0.3, -0.25) is 9.67 Å². The van der Waals surface area contributed by atoms with E-state index in [1.165, 1.54) is 5.52 Å². The van der Waals surface area contributed by atoms with E-state index in [9.17, 15) is 0 Å². The summed E-state index contributed by atoms with van der Waals surface area (Å²) in [6, 6.07) is 8.26. The summed E-state index contributed by atoms with van der Waals surface area (Å²) in [5, 5.41) is 10.8. The van der Waals surface area contributed by atoms with Crippen LogP contribution in [-0.4, -0.2) is 38.9 Å². The summed E-state index contributed by atoms with van der Waals surface area (Å²) in [5.41, 5.74) is 3.38. The number of hydrogen-bond acceptors (Lipinski definition) is 3. The molecular weight excluding hydrogens is 314 g/mol. The van der Waals surface area contributed by atoms with Gasteiger partial charge in [0.2, 0.25) is 0 Å². The van der Waals surface area contributed by atoms with Crippen LogP contribution in [0.25, 0.3) is 11.0 Å². The van der Waals surface area contributed by atoms with Crippen molar-refractivity contribution in [1.29, 1.82) is 0 Å². The molecule has 0 unspecified atom stereocenters. The number of aliphatic imine (C=N–C) groups is 1. The summed E-state index contributed by atoms with van der Waals surface area (Å²) in [7, 11) is 3.70. The van der Waals surface area contributed by atoms with E-state index in [0.29, 0.717) is 6.54 Å². The van der Waals surface area contributed by atoms with Crippen molar-refractivity contribution in [3.05, 3.63) is 48.0 Å². The number of imidazole rings is 1. The molecule has 2 heterocycles. The Bertz CT molecular complexity index is 859. The summed E-state index contributed by atoms with van der Waals surface area (Å²) >= 11 is 0. The number of para-hydroxylation sites is 2. The minimum Gasteiger partial charge on any atom is -0.356 e. The minimum atomic E-state index is 0.707. The zero-order valence-corrected chi connectivity index (χ0v) is 15.0. The van der Waals surface area contributed by atoms with Gasteiger partial charge in [0.05, 0.1) is 17.2 Å². The molecule has 0 aliphatic carbocycles. The Morgan fingerprint density at radius 2 is 2.08 bits per heavy atom. The monoisotopic (exact) mass is 339 g/mol. The average Bonchev–Trinajstić information content (AvgIpc) is 3.17. The quantitative estimate of drug-likeness (QED) is 0.408. The Labute approximate surface area is 147 Å². The van der Waals surface area contributed by atoms with E-state index in [1.807, 2.05) is 25.5 Å². The smallest absolute Gasteiger partial charge is 0.191 e. The van der Waals surface area contributed by atoms with Crippen molar-refractivity contribution in [3.63, 3.8) is 0 Å². The lowest BCUT2D eigenvalue weighted by Gasteiger charge is -2.12. The van der Waals surface area contributed by atoms with Crippen LogP contribution in [0.5, 0.6) is 0 Å². The molecule has 0 saturated heterocycles. The van der Waals surface area contributed by atoms with Gasteiger partial charge in [-0.25, -0.2) is 4.98 Å². The van der Waals surface area contributed by atoms with Crippen LogP contribution >= 0.6 is 0 Å². The highest BCUT2D eigenvalue weighted by Gasteiger charge is 2.06. The Morgan fingerprint density at radius 3 is 2.84 bits per heavy atom. The minimum absolute atomic E-state index is 0.707. The molecule has 7 nitrogen and oxygen atoms in total. The standard InChI is InChI=1S/C18H25N7/c1-14-23-16-7-4-5-8-17(16)25(14)10-6-9-20-18(19-2)21-11-15-12-22-24(3)13-15/h4-5,7-8,12-13H,6,9-11H2,1-3H3,(H2,19,20,21). The van der Waals surface area contributed by atoms with Crippen molar-refractivity contribution >= 4 is 17.0 Å². The van der Waals surface area contributed by atoms with E-state index >= 15 is 0 Å². The molecule has 7 heteroatoms. The van der Waals surface area contributed by atoms with Gasteiger partial charge in [-0.15, -0.1) is 0 Å². The zero-order valence-electron chi connectivity index (χ0n) is 15.0. The molecule has 25 heavy (non-hydrogen) atoms. The second-order valence-electron chi connectivity index (χ2n) is 6.03. The van der Waals surface area contributed by atoms with Crippen LogP contribution in [0.4, 0.5) is 0 Å². The van der Waals surface area contributed by atoms with E-state index in [-0.39, 0.29) is 0 Å². The van der Waals surface area contributed by atoms with E-state index < -0.39 is 0 Å². The maximum atomic E-state index is 4.61. The van der Waals surface area contributed by atoms with Crippen LogP contribution < -0.4 is 10.6 Å². The fourth-order valence-electron chi connectivity index (χ4n) is 2.89. The molecule has 3 aromatic rings. The molecule has 0 bridgehead atoms. The third kappa shape index (κ3) is 4.17. The first-order valence-electron chi connectivity index (χ1n) is 8.51. The summed E-state index contributed by atoms with van der Waals surface area (Å²) in [6.45, 7) is 4.54. The SMILES string of the molecule is CN=C(NCCCn1c(C)nc2ccccc21)NCc1cnn(C)c1. The number of nitrogens with zero attached hydrogens (tertiary/aromatic N) is 5. The first-order valence-corrected chi connectivity index (χ1v) is 8.51. The third-order valence-electron chi connectivity index (χ3n) is 4.14.